The topological polar surface area (TPSA) is 73.5 Å². The van der Waals surface area contributed by atoms with Crippen LogP contribution in [0.1, 0.15) is 64.1 Å². The zero-order valence-corrected chi connectivity index (χ0v) is 18.1. The maximum atomic E-state index is 13.6. The van der Waals surface area contributed by atoms with Crippen LogP contribution in [0.3, 0.4) is 0 Å². The second-order valence-electron chi connectivity index (χ2n) is 9.24. The Bertz CT molecular complexity index is 1110. The van der Waals surface area contributed by atoms with Crippen molar-refractivity contribution in [1.29, 1.82) is 0 Å². The zero-order valence-electron chi connectivity index (χ0n) is 18.1. The van der Waals surface area contributed by atoms with Gasteiger partial charge in [0.2, 0.25) is 0 Å². The molecule has 2 amide bonds. The Morgan fingerprint density at radius 2 is 1.84 bits per heavy atom. The number of nitrogens with zero attached hydrogens (tertiary/aromatic N) is 2. The fourth-order valence-corrected chi connectivity index (χ4v) is 5.63. The number of pyridine rings is 1. The monoisotopic (exact) mass is 437 g/mol. The third-order valence-electron chi connectivity index (χ3n) is 7.26. The summed E-state index contributed by atoms with van der Waals surface area (Å²) in [4.78, 5) is 45.6. The van der Waals surface area contributed by atoms with Gasteiger partial charge in [-0.1, -0.05) is 6.07 Å². The first-order valence-corrected chi connectivity index (χ1v) is 11.6. The highest BCUT2D eigenvalue weighted by atomic mass is 19.1. The van der Waals surface area contributed by atoms with Crippen LogP contribution in [0.4, 0.5) is 4.39 Å². The molecule has 0 bridgehead atoms. The maximum absolute atomic E-state index is 13.6. The lowest BCUT2D eigenvalue weighted by atomic mass is 9.83. The van der Waals surface area contributed by atoms with Crippen LogP contribution in [-0.2, 0) is 12.8 Å². The Morgan fingerprint density at radius 3 is 2.69 bits per heavy atom. The average molecular weight is 438 g/mol. The Balaban J connectivity index is 1.33. The van der Waals surface area contributed by atoms with Crippen molar-refractivity contribution in [3.05, 3.63) is 68.9 Å². The number of halogens is 1. The van der Waals surface area contributed by atoms with Crippen molar-refractivity contribution in [3.8, 4) is 0 Å². The summed E-state index contributed by atoms with van der Waals surface area (Å²) in [5.41, 5.74) is 2.36. The second kappa shape index (κ2) is 8.52. The number of aromatic nitrogens is 1. The van der Waals surface area contributed by atoms with Crippen LogP contribution in [0.15, 0.2) is 35.1 Å². The lowest BCUT2D eigenvalue weighted by Gasteiger charge is -2.47. The van der Waals surface area contributed by atoms with E-state index >= 15 is 0 Å². The van der Waals surface area contributed by atoms with E-state index in [1.807, 2.05) is 11.0 Å². The van der Waals surface area contributed by atoms with E-state index in [9.17, 15) is 18.8 Å². The number of benzene rings is 1. The van der Waals surface area contributed by atoms with Crippen LogP contribution in [0, 0.1) is 11.7 Å². The Kier molecular flexibility index (Phi) is 5.57. The number of aryl methyl sites for hydroxylation is 2. The molecule has 3 heterocycles. The number of piperidine rings is 2. The highest BCUT2D eigenvalue weighted by molar-refractivity contribution is 5.95. The molecule has 0 spiro atoms. The van der Waals surface area contributed by atoms with Gasteiger partial charge in [0.25, 0.3) is 17.4 Å². The van der Waals surface area contributed by atoms with E-state index in [0.29, 0.717) is 31.6 Å². The number of fused-ring (bicyclic) bond motifs is 2. The maximum Gasteiger partial charge on any atom is 0.261 e. The summed E-state index contributed by atoms with van der Waals surface area (Å²) in [6, 6.07) is 7.61. The number of amides is 2. The Morgan fingerprint density at radius 1 is 1.00 bits per heavy atom. The van der Waals surface area contributed by atoms with Gasteiger partial charge in [0.05, 0.1) is 0 Å². The SMILES string of the molecule is O=C(c1cccc(F)c1)N1CC[C@H]2[C@H](CCCN2C(=O)c2cc3c([nH]c2=O)CCCC3)C1. The summed E-state index contributed by atoms with van der Waals surface area (Å²) in [7, 11) is 0. The van der Waals surface area contributed by atoms with Gasteiger partial charge in [0, 0.05) is 36.9 Å². The molecule has 1 aliphatic carbocycles. The summed E-state index contributed by atoms with van der Waals surface area (Å²) in [5, 5.41) is 0. The Hall–Kier alpha value is -2.96. The first kappa shape index (κ1) is 20.9. The molecule has 7 heteroatoms. The third-order valence-corrected chi connectivity index (χ3v) is 7.26. The second-order valence-corrected chi connectivity index (χ2v) is 9.24. The quantitative estimate of drug-likeness (QED) is 0.784. The van der Waals surface area contributed by atoms with Crippen LogP contribution < -0.4 is 5.56 Å². The summed E-state index contributed by atoms with van der Waals surface area (Å²) < 4.78 is 13.6. The van der Waals surface area contributed by atoms with Crippen LogP contribution in [0.5, 0.6) is 0 Å². The Labute approximate surface area is 186 Å². The van der Waals surface area contributed by atoms with E-state index in [0.717, 1.165) is 49.8 Å². The molecule has 0 saturated carbocycles. The minimum Gasteiger partial charge on any atom is -0.338 e. The number of carbonyl (C=O) groups excluding carboxylic acids is 2. The third kappa shape index (κ3) is 3.85. The zero-order chi connectivity index (χ0) is 22.2. The number of likely N-dealkylation sites (tertiary alicyclic amines) is 2. The number of nitrogens with one attached hydrogen (secondary N) is 1. The molecule has 2 aliphatic heterocycles. The van der Waals surface area contributed by atoms with Crippen molar-refractivity contribution in [2.24, 2.45) is 5.92 Å². The molecule has 5 rings (SSSR count). The molecular formula is C25H28FN3O3. The van der Waals surface area contributed by atoms with Crippen LogP contribution in [0.2, 0.25) is 0 Å². The van der Waals surface area contributed by atoms with Gasteiger partial charge in [-0.05, 0) is 80.7 Å². The molecule has 3 aliphatic rings. The number of rotatable bonds is 2. The molecule has 2 saturated heterocycles. The molecule has 0 unspecified atom stereocenters. The molecule has 1 aromatic heterocycles. The molecule has 2 atom stereocenters. The van der Waals surface area contributed by atoms with Gasteiger partial charge in [-0.2, -0.15) is 0 Å². The van der Waals surface area contributed by atoms with E-state index in [1.165, 1.54) is 12.1 Å². The molecule has 168 valence electrons. The molecular weight excluding hydrogens is 409 g/mol. The van der Waals surface area contributed by atoms with Gasteiger partial charge in [0.1, 0.15) is 11.4 Å². The molecule has 1 N–H and O–H groups in total. The molecule has 2 fully saturated rings. The van der Waals surface area contributed by atoms with Crippen LogP contribution >= 0.6 is 0 Å². The van der Waals surface area contributed by atoms with Crippen molar-refractivity contribution in [1.82, 2.24) is 14.8 Å². The molecule has 0 radical (unpaired) electrons. The summed E-state index contributed by atoms with van der Waals surface area (Å²) >= 11 is 0. The van der Waals surface area contributed by atoms with Crippen LogP contribution in [-0.4, -0.2) is 52.3 Å². The van der Waals surface area contributed by atoms with Gasteiger partial charge >= 0.3 is 0 Å². The molecule has 32 heavy (non-hydrogen) atoms. The van der Waals surface area contributed by atoms with Gasteiger partial charge in [-0.25, -0.2) is 4.39 Å². The average Bonchev–Trinajstić information content (AvgIpc) is 2.82. The highest BCUT2D eigenvalue weighted by Gasteiger charge is 2.40. The predicted octanol–water partition coefficient (Wildman–Crippen LogP) is 3.16. The van der Waals surface area contributed by atoms with E-state index in [4.69, 9.17) is 0 Å². The van der Waals surface area contributed by atoms with Gasteiger partial charge in [0.15, 0.2) is 0 Å². The standard InChI is InChI=1S/C25H28FN3O3/c26-19-8-3-6-17(13-19)24(31)28-12-10-22-18(15-28)7-4-11-29(22)25(32)20-14-16-5-1-2-9-21(16)27-23(20)30/h3,6,8,13-14,18,22H,1-2,4-5,7,9-12,15H2,(H,27,30)/t18-,22+/m1/s1. The molecule has 2 aromatic rings. The summed E-state index contributed by atoms with van der Waals surface area (Å²) in [6.45, 7) is 1.69. The predicted molar refractivity (Wildman–Crippen MR) is 118 cm³/mol. The van der Waals surface area contributed by atoms with Crippen molar-refractivity contribution in [3.63, 3.8) is 0 Å². The molecule has 1 aromatic carbocycles. The first-order chi connectivity index (χ1) is 15.5. The normalized spacial score (nSPS) is 22.8. The summed E-state index contributed by atoms with van der Waals surface area (Å²) in [5.74, 6) is -0.622. The van der Waals surface area contributed by atoms with E-state index in [-0.39, 0.29) is 34.9 Å². The number of hydrogen-bond acceptors (Lipinski definition) is 3. The fourth-order valence-electron chi connectivity index (χ4n) is 5.63. The fraction of sp³-hybridized carbons (Fsp3) is 0.480. The van der Waals surface area contributed by atoms with Gasteiger partial charge in [-0.15, -0.1) is 0 Å². The first-order valence-electron chi connectivity index (χ1n) is 11.6. The lowest BCUT2D eigenvalue weighted by molar-refractivity contribution is 0.0196. The van der Waals surface area contributed by atoms with Crippen molar-refractivity contribution < 1.29 is 14.0 Å². The van der Waals surface area contributed by atoms with E-state index in [2.05, 4.69) is 4.98 Å². The van der Waals surface area contributed by atoms with Gasteiger partial charge < -0.3 is 14.8 Å². The number of hydrogen-bond donors (Lipinski definition) is 1. The van der Waals surface area contributed by atoms with E-state index in [1.54, 1.807) is 17.0 Å². The number of aromatic amines is 1. The minimum atomic E-state index is -0.421. The van der Waals surface area contributed by atoms with Crippen molar-refractivity contribution in [2.75, 3.05) is 19.6 Å². The number of carbonyl (C=O) groups is 2. The summed E-state index contributed by atoms with van der Waals surface area (Å²) in [6.07, 6.45) is 6.35. The molecule has 6 nitrogen and oxygen atoms in total. The highest BCUT2D eigenvalue weighted by Crippen LogP contribution is 2.32. The van der Waals surface area contributed by atoms with Gasteiger partial charge in [-0.3, -0.25) is 14.4 Å². The largest absolute Gasteiger partial charge is 0.338 e. The van der Waals surface area contributed by atoms with Crippen LogP contribution in [0.25, 0.3) is 0 Å². The van der Waals surface area contributed by atoms with E-state index < -0.39 is 5.82 Å². The lowest BCUT2D eigenvalue weighted by Crippen LogP contribution is -2.57. The van der Waals surface area contributed by atoms with Crippen molar-refractivity contribution >= 4 is 11.8 Å². The number of H-pyrrole nitrogens is 1. The smallest absolute Gasteiger partial charge is 0.261 e. The minimum absolute atomic E-state index is 0.0169. The van der Waals surface area contributed by atoms with Crippen molar-refractivity contribution in [2.45, 2.75) is 51.0 Å².